The summed E-state index contributed by atoms with van der Waals surface area (Å²) >= 11 is 6.03. The minimum atomic E-state index is -0.430. The highest BCUT2D eigenvalue weighted by molar-refractivity contribution is 6.33. The summed E-state index contributed by atoms with van der Waals surface area (Å²) in [5, 5.41) is 0.387. The lowest BCUT2D eigenvalue weighted by molar-refractivity contribution is 0.0526. The number of esters is 1. The van der Waals surface area contributed by atoms with E-state index in [4.69, 9.17) is 16.3 Å². The molecule has 0 aliphatic heterocycles. The highest BCUT2D eigenvalue weighted by atomic mass is 35.5. The third-order valence-corrected chi connectivity index (χ3v) is 2.43. The second-order valence-corrected chi connectivity index (χ2v) is 4.93. The van der Waals surface area contributed by atoms with Crippen LogP contribution < -0.4 is 0 Å². The Hall–Kier alpha value is -1.09. The van der Waals surface area contributed by atoms with Gasteiger partial charge in [0.25, 0.3) is 0 Å². The van der Waals surface area contributed by atoms with Crippen LogP contribution in [0.25, 0.3) is 0 Å². The van der Waals surface area contributed by atoms with E-state index in [1.165, 1.54) is 6.20 Å². The summed E-state index contributed by atoms with van der Waals surface area (Å²) in [7, 11) is 0. The molecule has 0 spiro atoms. The average molecular weight is 242 g/mol. The molecule has 1 aromatic heterocycles. The minimum absolute atomic E-state index is 0.0865. The molecule has 4 heteroatoms. The van der Waals surface area contributed by atoms with Crippen LogP contribution >= 0.6 is 11.6 Å². The van der Waals surface area contributed by atoms with E-state index < -0.39 is 5.97 Å². The number of hydrogen-bond donors (Lipinski definition) is 0. The Kier molecular flexibility index (Phi) is 3.92. The number of halogens is 1. The number of ether oxygens (including phenoxy) is 1. The number of nitrogens with zero attached hydrogens (tertiary/aromatic N) is 1. The Morgan fingerprint density at radius 3 is 2.56 bits per heavy atom. The number of rotatable bonds is 2. The van der Waals surface area contributed by atoms with Crippen LogP contribution in [0.15, 0.2) is 12.3 Å². The van der Waals surface area contributed by atoms with E-state index in [9.17, 15) is 4.79 Å². The summed E-state index contributed by atoms with van der Waals surface area (Å²) in [5.74, 6) is -0.430. The predicted molar refractivity (Wildman–Crippen MR) is 63.9 cm³/mol. The molecular weight excluding hydrogens is 226 g/mol. The van der Waals surface area contributed by atoms with E-state index in [0.717, 1.165) is 5.69 Å². The molecular formula is C12H16ClNO2. The zero-order valence-corrected chi connectivity index (χ0v) is 10.8. The molecule has 0 saturated heterocycles. The molecule has 1 heterocycles. The molecule has 0 amide bonds. The first-order chi connectivity index (χ1) is 7.36. The maximum atomic E-state index is 11.5. The monoisotopic (exact) mass is 241 g/mol. The van der Waals surface area contributed by atoms with Gasteiger partial charge in [-0.3, -0.25) is 4.98 Å². The number of carbonyl (C=O) groups is 1. The Morgan fingerprint density at radius 1 is 1.50 bits per heavy atom. The van der Waals surface area contributed by atoms with E-state index in [-0.39, 0.29) is 5.41 Å². The van der Waals surface area contributed by atoms with Gasteiger partial charge in [-0.2, -0.15) is 0 Å². The van der Waals surface area contributed by atoms with Crippen LogP contribution in [0, 0.1) is 0 Å². The van der Waals surface area contributed by atoms with E-state index in [1.54, 1.807) is 13.0 Å². The summed E-state index contributed by atoms with van der Waals surface area (Å²) in [6.45, 7) is 8.19. The molecule has 0 aromatic carbocycles. The van der Waals surface area contributed by atoms with Crippen LogP contribution in [0.1, 0.15) is 43.7 Å². The van der Waals surface area contributed by atoms with Gasteiger partial charge < -0.3 is 4.74 Å². The smallest absolute Gasteiger partial charge is 0.341 e. The van der Waals surface area contributed by atoms with Crippen molar-refractivity contribution in [2.75, 3.05) is 6.61 Å². The largest absolute Gasteiger partial charge is 0.462 e. The van der Waals surface area contributed by atoms with Gasteiger partial charge in [-0.15, -0.1) is 0 Å². The second kappa shape index (κ2) is 4.83. The predicted octanol–water partition coefficient (Wildman–Crippen LogP) is 3.21. The van der Waals surface area contributed by atoms with Gasteiger partial charge >= 0.3 is 5.97 Å². The molecule has 0 aliphatic carbocycles. The molecule has 1 rings (SSSR count). The van der Waals surface area contributed by atoms with E-state index in [1.807, 2.05) is 20.8 Å². The van der Waals surface area contributed by atoms with Crippen LogP contribution in [0.3, 0.4) is 0 Å². The number of hydrogen-bond acceptors (Lipinski definition) is 3. The maximum absolute atomic E-state index is 11.5. The lowest BCUT2D eigenvalue weighted by atomic mass is 9.91. The normalized spacial score (nSPS) is 11.3. The summed E-state index contributed by atoms with van der Waals surface area (Å²) < 4.78 is 4.87. The number of aromatic nitrogens is 1. The maximum Gasteiger partial charge on any atom is 0.341 e. The summed E-state index contributed by atoms with van der Waals surface area (Å²) in [6, 6.07) is 1.72. The first kappa shape index (κ1) is 13.0. The number of pyridine rings is 1. The summed E-state index contributed by atoms with van der Waals surface area (Å²) in [4.78, 5) is 15.7. The molecule has 0 atom stereocenters. The molecule has 88 valence electrons. The lowest BCUT2D eigenvalue weighted by Gasteiger charge is -2.18. The highest BCUT2D eigenvalue weighted by Crippen LogP contribution is 2.25. The highest BCUT2D eigenvalue weighted by Gasteiger charge is 2.19. The fourth-order valence-electron chi connectivity index (χ4n) is 1.20. The fraction of sp³-hybridized carbons (Fsp3) is 0.500. The molecule has 1 aromatic rings. The van der Waals surface area contributed by atoms with Crippen LogP contribution in [0.2, 0.25) is 5.02 Å². The number of carbonyl (C=O) groups excluding carboxylic acids is 1. The second-order valence-electron chi connectivity index (χ2n) is 4.52. The van der Waals surface area contributed by atoms with Crippen molar-refractivity contribution in [1.82, 2.24) is 4.98 Å². The summed E-state index contributed by atoms with van der Waals surface area (Å²) in [6.07, 6.45) is 1.47. The van der Waals surface area contributed by atoms with Crippen molar-refractivity contribution in [2.45, 2.75) is 33.1 Å². The van der Waals surface area contributed by atoms with Crippen molar-refractivity contribution in [3.63, 3.8) is 0 Å². The molecule has 16 heavy (non-hydrogen) atoms. The van der Waals surface area contributed by atoms with Crippen LogP contribution in [-0.4, -0.2) is 17.6 Å². The average Bonchev–Trinajstić information content (AvgIpc) is 2.16. The van der Waals surface area contributed by atoms with Crippen molar-refractivity contribution in [3.8, 4) is 0 Å². The molecule has 0 bridgehead atoms. The van der Waals surface area contributed by atoms with Gasteiger partial charge in [0.05, 0.1) is 17.2 Å². The molecule has 0 N–H and O–H groups in total. The Labute approximate surface area is 101 Å². The fourth-order valence-corrected chi connectivity index (χ4v) is 1.43. The van der Waals surface area contributed by atoms with Gasteiger partial charge in [0.15, 0.2) is 0 Å². The Balaban J connectivity index is 3.05. The standard InChI is InChI=1S/C12H16ClNO2/c1-5-16-11(15)8-7-14-10(6-9(8)13)12(2,3)4/h6-7H,5H2,1-4H3. The Morgan fingerprint density at radius 2 is 2.12 bits per heavy atom. The van der Waals surface area contributed by atoms with Crippen molar-refractivity contribution in [2.24, 2.45) is 0 Å². The van der Waals surface area contributed by atoms with E-state index in [0.29, 0.717) is 17.2 Å². The van der Waals surface area contributed by atoms with Gasteiger partial charge in [-0.05, 0) is 13.0 Å². The first-order valence-corrected chi connectivity index (χ1v) is 5.57. The molecule has 0 fully saturated rings. The Bertz CT molecular complexity index is 396. The first-order valence-electron chi connectivity index (χ1n) is 5.19. The molecule has 0 aliphatic rings. The topological polar surface area (TPSA) is 39.2 Å². The molecule has 0 saturated carbocycles. The zero-order chi connectivity index (χ0) is 12.3. The van der Waals surface area contributed by atoms with Gasteiger partial charge in [0.2, 0.25) is 0 Å². The van der Waals surface area contributed by atoms with Gasteiger partial charge in [-0.1, -0.05) is 32.4 Å². The summed E-state index contributed by atoms with van der Waals surface area (Å²) in [5.41, 5.74) is 1.08. The van der Waals surface area contributed by atoms with Gasteiger partial charge in [0.1, 0.15) is 0 Å². The van der Waals surface area contributed by atoms with Crippen LogP contribution in [0.5, 0.6) is 0 Å². The van der Waals surface area contributed by atoms with Crippen molar-refractivity contribution in [1.29, 1.82) is 0 Å². The van der Waals surface area contributed by atoms with Crippen LogP contribution in [0.4, 0.5) is 0 Å². The third kappa shape index (κ3) is 2.95. The van der Waals surface area contributed by atoms with Crippen LogP contribution in [-0.2, 0) is 10.2 Å². The van der Waals surface area contributed by atoms with E-state index >= 15 is 0 Å². The quantitative estimate of drug-likeness (QED) is 0.747. The lowest BCUT2D eigenvalue weighted by Crippen LogP contribution is -2.15. The minimum Gasteiger partial charge on any atom is -0.462 e. The van der Waals surface area contributed by atoms with Crippen molar-refractivity contribution >= 4 is 17.6 Å². The SMILES string of the molecule is CCOC(=O)c1cnc(C(C)(C)C)cc1Cl. The van der Waals surface area contributed by atoms with Crippen molar-refractivity contribution < 1.29 is 9.53 Å². The molecule has 0 unspecified atom stereocenters. The molecule has 3 nitrogen and oxygen atoms in total. The zero-order valence-electron chi connectivity index (χ0n) is 10.0. The molecule has 0 radical (unpaired) electrons. The van der Waals surface area contributed by atoms with Gasteiger partial charge in [-0.25, -0.2) is 4.79 Å². The van der Waals surface area contributed by atoms with Gasteiger partial charge in [0, 0.05) is 17.3 Å². The third-order valence-electron chi connectivity index (χ3n) is 2.12. The van der Waals surface area contributed by atoms with E-state index in [2.05, 4.69) is 4.98 Å². The van der Waals surface area contributed by atoms with Crippen molar-refractivity contribution in [3.05, 3.63) is 28.5 Å².